The molecule has 1 rings (SSSR count). The van der Waals surface area contributed by atoms with Gasteiger partial charge in [-0.25, -0.2) is 0 Å². The van der Waals surface area contributed by atoms with Crippen LogP contribution in [0.2, 0.25) is 0 Å². The molecule has 0 aliphatic carbocycles. The molecule has 2 heteroatoms. The van der Waals surface area contributed by atoms with Crippen LogP contribution in [-0.4, -0.2) is 9.97 Å². The van der Waals surface area contributed by atoms with Crippen molar-refractivity contribution in [2.24, 2.45) is 5.92 Å². The lowest BCUT2D eigenvalue weighted by molar-refractivity contribution is 0.525. The van der Waals surface area contributed by atoms with Gasteiger partial charge in [-0.3, -0.25) is 9.97 Å². The second kappa shape index (κ2) is 6.62. The molecule has 0 N–H and O–H groups in total. The van der Waals surface area contributed by atoms with Crippen molar-refractivity contribution in [1.29, 1.82) is 0 Å². The zero-order valence-corrected chi connectivity index (χ0v) is 11.1. The summed E-state index contributed by atoms with van der Waals surface area (Å²) >= 11 is 0. The Morgan fingerprint density at radius 1 is 1.12 bits per heavy atom. The van der Waals surface area contributed by atoms with Gasteiger partial charge in [0.15, 0.2) is 0 Å². The highest BCUT2D eigenvalue weighted by Gasteiger charge is 2.02. The number of unbranched alkanes of at least 4 members (excludes halogenated alkanes) is 2. The van der Waals surface area contributed by atoms with E-state index in [1.165, 1.54) is 31.4 Å². The molecule has 0 spiro atoms. The van der Waals surface area contributed by atoms with Crippen molar-refractivity contribution in [3.05, 3.63) is 23.3 Å². The van der Waals surface area contributed by atoms with Crippen LogP contribution >= 0.6 is 0 Å². The van der Waals surface area contributed by atoms with Crippen LogP contribution in [0.15, 0.2) is 6.20 Å². The van der Waals surface area contributed by atoms with Crippen LogP contribution in [0.1, 0.15) is 56.6 Å². The van der Waals surface area contributed by atoms with Gasteiger partial charge in [0.25, 0.3) is 0 Å². The summed E-state index contributed by atoms with van der Waals surface area (Å²) in [6.07, 6.45) is 8.17. The maximum Gasteiger partial charge on any atom is 0.0619 e. The van der Waals surface area contributed by atoms with Crippen LogP contribution in [-0.2, 0) is 6.42 Å². The summed E-state index contributed by atoms with van der Waals surface area (Å²) < 4.78 is 0. The van der Waals surface area contributed by atoms with Gasteiger partial charge in [-0.1, -0.05) is 33.1 Å². The van der Waals surface area contributed by atoms with Gasteiger partial charge in [-0.05, 0) is 32.6 Å². The average Bonchev–Trinajstić information content (AvgIpc) is 2.22. The highest BCUT2D eigenvalue weighted by Crippen LogP contribution is 2.11. The Labute approximate surface area is 99.5 Å². The molecule has 0 amide bonds. The molecule has 0 saturated carbocycles. The Morgan fingerprint density at radius 3 is 2.56 bits per heavy atom. The molecule has 0 aliphatic rings. The lowest BCUT2D eigenvalue weighted by Gasteiger charge is -2.06. The summed E-state index contributed by atoms with van der Waals surface area (Å²) in [5.74, 6) is 0.834. The summed E-state index contributed by atoms with van der Waals surface area (Å²) in [6.45, 7) is 8.64. The smallest absolute Gasteiger partial charge is 0.0619 e. The first-order valence-corrected chi connectivity index (χ1v) is 6.38. The van der Waals surface area contributed by atoms with E-state index < -0.39 is 0 Å². The molecule has 0 aromatic carbocycles. The molecule has 16 heavy (non-hydrogen) atoms. The normalized spacial score (nSPS) is 11.1. The SMILES string of the molecule is Cc1cnc(C)c(CCCCCC(C)C)n1. The number of hydrogen-bond donors (Lipinski definition) is 0. The summed E-state index contributed by atoms with van der Waals surface area (Å²) in [4.78, 5) is 8.89. The molecule has 1 heterocycles. The van der Waals surface area contributed by atoms with Gasteiger partial charge in [0.1, 0.15) is 0 Å². The Hall–Kier alpha value is -0.920. The number of hydrogen-bond acceptors (Lipinski definition) is 2. The number of aromatic nitrogens is 2. The first-order valence-electron chi connectivity index (χ1n) is 6.38. The van der Waals surface area contributed by atoms with Crippen molar-refractivity contribution < 1.29 is 0 Å². The van der Waals surface area contributed by atoms with Gasteiger partial charge in [-0.15, -0.1) is 0 Å². The minimum atomic E-state index is 0.834. The van der Waals surface area contributed by atoms with E-state index in [1.54, 1.807) is 0 Å². The van der Waals surface area contributed by atoms with E-state index in [0.717, 1.165) is 23.7 Å². The van der Waals surface area contributed by atoms with Crippen molar-refractivity contribution in [3.8, 4) is 0 Å². The van der Waals surface area contributed by atoms with Crippen LogP contribution in [0, 0.1) is 19.8 Å². The topological polar surface area (TPSA) is 25.8 Å². The van der Waals surface area contributed by atoms with Crippen LogP contribution in [0.3, 0.4) is 0 Å². The molecular formula is C14H24N2. The van der Waals surface area contributed by atoms with Crippen LogP contribution in [0.5, 0.6) is 0 Å². The van der Waals surface area contributed by atoms with E-state index in [2.05, 4.69) is 30.7 Å². The molecule has 0 radical (unpaired) electrons. The van der Waals surface area contributed by atoms with Crippen LogP contribution < -0.4 is 0 Å². The van der Waals surface area contributed by atoms with Gasteiger partial charge >= 0.3 is 0 Å². The van der Waals surface area contributed by atoms with Crippen molar-refractivity contribution >= 4 is 0 Å². The highest BCUT2D eigenvalue weighted by atomic mass is 14.8. The third-order valence-electron chi connectivity index (χ3n) is 2.87. The standard InChI is InChI=1S/C14H24N2/c1-11(2)8-6-5-7-9-14-13(4)15-10-12(3)16-14/h10-11H,5-9H2,1-4H3. The highest BCUT2D eigenvalue weighted by molar-refractivity contribution is 5.11. The summed E-state index contributed by atoms with van der Waals surface area (Å²) in [7, 11) is 0. The molecule has 0 unspecified atom stereocenters. The predicted octanol–water partition coefficient (Wildman–Crippen LogP) is 3.85. The summed E-state index contributed by atoms with van der Waals surface area (Å²) in [5, 5.41) is 0. The first kappa shape index (κ1) is 13.1. The molecule has 0 fully saturated rings. The zero-order chi connectivity index (χ0) is 12.0. The predicted molar refractivity (Wildman–Crippen MR) is 68.5 cm³/mol. The Balaban J connectivity index is 2.29. The molecule has 0 aliphatic heterocycles. The van der Waals surface area contributed by atoms with Crippen molar-refractivity contribution in [2.75, 3.05) is 0 Å². The molecule has 1 aromatic rings. The maximum absolute atomic E-state index is 4.54. The molecule has 0 bridgehead atoms. The number of nitrogens with zero attached hydrogens (tertiary/aromatic N) is 2. The van der Waals surface area contributed by atoms with E-state index >= 15 is 0 Å². The second-order valence-corrected chi connectivity index (χ2v) is 5.04. The van der Waals surface area contributed by atoms with Gasteiger partial charge < -0.3 is 0 Å². The van der Waals surface area contributed by atoms with E-state index in [-0.39, 0.29) is 0 Å². The van der Waals surface area contributed by atoms with E-state index in [1.807, 2.05) is 13.1 Å². The molecule has 2 nitrogen and oxygen atoms in total. The van der Waals surface area contributed by atoms with Crippen molar-refractivity contribution in [1.82, 2.24) is 9.97 Å². The minimum absolute atomic E-state index is 0.834. The number of rotatable bonds is 6. The molecule has 1 aromatic heterocycles. The summed E-state index contributed by atoms with van der Waals surface area (Å²) in [5.41, 5.74) is 3.31. The zero-order valence-electron chi connectivity index (χ0n) is 11.1. The summed E-state index contributed by atoms with van der Waals surface area (Å²) in [6, 6.07) is 0. The lowest BCUT2D eigenvalue weighted by atomic mass is 10.0. The number of aryl methyl sites for hydroxylation is 3. The van der Waals surface area contributed by atoms with Gasteiger partial charge in [0.05, 0.1) is 17.1 Å². The van der Waals surface area contributed by atoms with Gasteiger partial charge in [0.2, 0.25) is 0 Å². The van der Waals surface area contributed by atoms with Crippen molar-refractivity contribution in [3.63, 3.8) is 0 Å². The fourth-order valence-corrected chi connectivity index (χ4v) is 1.85. The van der Waals surface area contributed by atoms with E-state index in [4.69, 9.17) is 0 Å². The maximum atomic E-state index is 4.54. The molecule has 0 saturated heterocycles. The minimum Gasteiger partial charge on any atom is -0.258 e. The average molecular weight is 220 g/mol. The molecular weight excluding hydrogens is 196 g/mol. The van der Waals surface area contributed by atoms with Crippen molar-refractivity contribution in [2.45, 2.75) is 59.8 Å². The van der Waals surface area contributed by atoms with Gasteiger partial charge in [-0.2, -0.15) is 0 Å². The Kier molecular flexibility index (Phi) is 5.44. The van der Waals surface area contributed by atoms with Crippen LogP contribution in [0.25, 0.3) is 0 Å². The first-order chi connectivity index (χ1) is 7.59. The fraction of sp³-hybridized carbons (Fsp3) is 0.714. The third-order valence-corrected chi connectivity index (χ3v) is 2.87. The van der Waals surface area contributed by atoms with Gasteiger partial charge in [0, 0.05) is 6.20 Å². The Bertz CT molecular complexity index is 319. The van der Waals surface area contributed by atoms with E-state index in [9.17, 15) is 0 Å². The lowest BCUT2D eigenvalue weighted by Crippen LogP contribution is -1.99. The molecule has 90 valence electrons. The van der Waals surface area contributed by atoms with E-state index in [0.29, 0.717) is 0 Å². The van der Waals surface area contributed by atoms with Crippen LogP contribution in [0.4, 0.5) is 0 Å². The molecule has 0 atom stereocenters. The monoisotopic (exact) mass is 220 g/mol. The largest absolute Gasteiger partial charge is 0.258 e. The second-order valence-electron chi connectivity index (χ2n) is 5.04. The Morgan fingerprint density at radius 2 is 1.88 bits per heavy atom. The quantitative estimate of drug-likeness (QED) is 0.680. The third kappa shape index (κ3) is 4.73. The fourth-order valence-electron chi connectivity index (χ4n) is 1.85.